The Hall–Kier alpha value is -2.60. The van der Waals surface area contributed by atoms with Crippen LogP contribution in [0.1, 0.15) is 28.8 Å². The van der Waals surface area contributed by atoms with Crippen LogP contribution in [0.3, 0.4) is 0 Å². The summed E-state index contributed by atoms with van der Waals surface area (Å²) < 4.78 is 24.5. The van der Waals surface area contributed by atoms with Gasteiger partial charge in [0.15, 0.2) is 11.5 Å². The number of hydrogen-bond donors (Lipinski definition) is 0. The van der Waals surface area contributed by atoms with Gasteiger partial charge in [-0.25, -0.2) is 4.39 Å². The van der Waals surface area contributed by atoms with Crippen LogP contribution < -0.4 is 9.47 Å². The van der Waals surface area contributed by atoms with Gasteiger partial charge in [-0.15, -0.1) is 0 Å². The van der Waals surface area contributed by atoms with E-state index in [0.29, 0.717) is 35.9 Å². The monoisotopic (exact) mass is 398 g/mol. The summed E-state index contributed by atoms with van der Waals surface area (Å²) in [5, 5.41) is 0. The smallest absolute Gasteiger partial charge is 0.253 e. The highest BCUT2D eigenvalue weighted by molar-refractivity contribution is 5.94. The normalized spacial score (nSPS) is 18.6. The molecule has 2 heterocycles. The van der Waals surface area contributed by atoms with Gasteiger partial charge in [-0.3, -0.25) is 4.79 Å². The van der Waals surface area contributed by atoms with Crippen molar-refractivity contribution in [2.45, 2.75) is 19.3 Å². The molecule has 6 heteroatoms. The van der Waals surface area contributed by atoms with Gasteiger partial charge in [0.1, 0.15) is 5.82 Å². The zero-order valence-corrected chi connectivity index (χ0v) is 16.8. The standard InChI is InChI=1S/C23H27FN2O3/c1-25(23(27)19-8-9-21-22(13-19)29-16-28-21)14-17-5-4-11-26(15-17)12-10-18-6-2-3-7-20(18)24/h2-3,6-9,13,17H,4-5,10-12,14-16H2,1H3/t17-/m1/s1. The van der Waals surface area contributed by atoms with Crippen LogP contribution in [0.4, 0.5) is 4.39 Å². The average Bonchev–Trinajstić information content (AvgIpc) is 3.21. The number of likely N-dealkylation sites (tertiary alicyclic amines) is 1. The van der Waals surface area contributed by atoms with Crippen molar-refractivity contribution in [1.82, 2.24) is 9.80 Å². The number of piperidine rings is 1. The minimum Gasteiger partial charge on any atom is -0.454 e. The second-order valence-corrected chi connectivity index (χ2v) is 7.90. The Bertz CT molecular complexity index is 873. The minimum absolute atomic E-state index is 0.00761. The van der Waals surface area contributed by atoms with Crippen LogP contribution in [0.15, 0.2) is 42.5 Å². The Labute approximate surface area is 171 Å². The Balaban J connectivity index is 1.30. The topological polar surface area (TPSA) is 42.0 Å². The van der Waals surface area contributed by atoms with Crippen molar-refractivity contribution < 1.29 is 18.7 Å². The second-order valence-electron chi connectivity index (χ2n) is 7.90. The first-order chi connectivity index (χ1) is 14.1. The SMILES string of the molecule is CN(C[C@H]1CCCN(CCc2ccccc2F)C1)C(=O)c1ccc2c(c1)OCO2. The van der Waals surface area contributed by atoms with Crippen molar-refractivity contribution in [3.8, 4) is 11.5 Å². The molecule has 1 atom stereocenters. The molecule has 1 fully saturated rings. The fraction of sp³-hybridized carbons (Fsp3) is 0.435. The van der Waals surface area contributed by atoms with E-state index in [0.717, 1.165) is 38.0 Å². The van der Waals surface area contributed by atoms with Crippen LogP contribution in [0.2, 0.25) is 0 Å². The molecule has 0 bridgehead atoms. The number of ether oxygens (including phenoxy) is 2. The maximum atomic E-state index is 13.8. The van der Waals surface area contributed by atoms with E-state index in [9.17, 15) is 9.18 Å². The summed E-state index contributed by atoms with van der Waals surface area (Å²) in [4.78, 5) is 17.0. The van der Waals surface area contributed by atoms with Gasteiger partial charge in [0.2, 0.25) is 6.79 Å². The first-order valence-corrected chi connectivity index (χ1v) is 10.2. The van der Waals surface area contributed by atoms with E-state index in [-0.39, 0.29) is 18.5 Å². The summed E-state index contributed by atoms with van der Waals surface area (Å²) in [6.07, 6.45) is 2.92. The zero-order valence-electron chi connectivity index (χ0n) is 16.8. The number of carbonyl (C=O) groups excluding carboxylic acids is 1. The highest BCUT2D eigenvalue weighted by atomic mass is 19.1. The third-order valence-corrected chi connectivity index (χ3v) is 5.76. The highest BCUT2D eigenvalue weighted by Crippen LogP contribution is 2.32. The van der Waals surface area contributed by atoms with Gasteiger partial charge in [-0.2, -0.15) is 0 Å². The fourth-order valence-corrected chi connectivity index (χ4v) is 4.20. The van der Waals surface area contributed by atoms with E-state index in [4.69, 9.17) is 9.47 Å². The van der Waals surface area contributed by atoms with Crippen molar-refractivity contribution in [3.63, 3.8) is 0 Å². The number of hydrogen-bond acceptors (Lipinski definition) is 4. The van der Waals surface area contributed by atoms with Gasteiger partial charge >= 0.3 is 0 Å². The fourth-order valence-electron chi connectivity index (χ4n) is 4.20. The van der Waals surface area contributed by atoms with Crippen LogP contribution >= 0.6 is 0 Å². The minimum atomic E-state index is -0.130. The number of amides is 1. The molecule has 0 aliphatic carbocycles. The molecule has 4 rings (SSSR count). The lowest BCUT2D eigenvalue weighted by molar-refractivity contribution is 0.0730. The number of halogens is 1. The number of fused-ring (bicyclic) bond motifs is 1. The first kappa shape index (κ1) is 19.7. The molecule has 2 aromatic rings. The quantitative estimate of drug-likeness (QED) is 0.746. The summed E-state index contributed by atoms with van der Waals surface area (Å²) >= 11 is 0. The second kappa shape index (κ2) is 8.82. The lowest BCUT2D eigenvalue weighted by Crippen LogP contribution is -2.42. The third-order valence-electron chi connectivity index (χ3n) is 5.76. The molecule has 1 saturated heterocycles. The Morgan fingerprint density at radius 3 is 2.90 bits per heavy atom. The molecule has 2 aliphatic rings. The summed E-state index contributed by atoms with van der Waals surface area (Å²) in [5.41, 5.74) is 1.38. The molecular weight excluding hydrogens is 371 g/mol. The average molecular weight is 398 g/mol. The maximum absolute atomic E-state index is 13.8. The van der Waals surface area contributed by atoms with Crippen molar-refractivity contribution >= 4 is 5.91 Å². The Kier molecular flexibility index (Phi) is 6.00. The third kappa shape index (κ3) is 4.70. The highest BCUT2D eigenvalue weighted by Gasteiger charge is 2.24. The van der Waals surface area contributed by atoms with Gasteiger partial charge in [-0.1, -0.05) is 18.2 Å². The molecule has 0 saturated carbocycles. The van der Waals surface area contributed by atoms with Crippen LogP contribution in [-0.4, -0.2) is 55.7 Å². The van der Waals surface area contributed by atoms with Gasteiger partial charge in [0, 0.05) is 32.2 Å². The molecule has 1 amide bonds. The number of benzene rings is 2. The predicted octanol–water partition coefficient (Wildman–Crippen LogP) is 3.58. The Morgan fingerprint density at radius 2 is 2.03 bits per heavy atom. The van der Waals surface area contributed by atoms with E-state index in [1.165, 1.54) is 6.07 Å². The lowest BCUT2D eigenvalue weighted by Gasteiger charge is -2.34. The summed E-state index contributed by atoms with van der Waals surface area (Å²) in [5.74, 6) is 1.59. The Morgan fingerprint density at radius 1 is 1.21 bits per heavy atom. The molecule has 0 radical (unpaired) electrons. The molecule has 2 aromatic carbocycles. The van der Waals surface area contributed by atoms with Crippen LogP contribution in [0.25, 0.3) is 0 Å². The van der Waals surface area contributed by atoms with E-state index in [1.807, 2.05) is 19.2 Å². The largest absolute Gasteiger partial charge is 0.454 e. The molecular formula is C23H27FN2O3. The molecule has 29 heavy (non-hydrogen) atoms. The summed E-state index contributed by atoms with van der Waals surface area (Å²) in [6, 6.07) is 12.3. The van der Waals surface area contributed by atoms with Crippen molar-refractivity contribution in [2.24, 2.45) is 5.92 Å². The molecule has 2 aliphatic heterocycles. The van der Waals surface area contributed by atoms with E-state index in [2.05, 4.69) is 4.90 Å². The molecule has 154 valence electrons. The van der Waals surface area contributed by atoms with Gasteiger partial charge in [0.05, 0.1) is 0 Å². The number of rotatable bonds is 6. The summed E-state index contributed by atoms with van der Waals surface area (Å²) in [7, 11) is 1.85. The van der Waals surface area contributed by atoms with Crippen molar-refractivity contribution in [1.29, 1.82) is 0 Å². The van der Waals surface area contributed by atoms with E-state index >= 15 is 0 Å². The van der Waals surface area contributed by atoms with E-state index < -0.39 is 0 Å². The molecule has 0 unspecified atom stereocenters. The molecule has 0 N–H and O–H groups in total. The van der Waals surface area contributed by atoms with Crippen LogP contribution in [0, 0.1) is 11.7 Å². The lowest BCUT2D eigenvalue weighted by atomic mass is 9.96. The number of carbonyl (C=O) groups is 1. The van der Waals surface area contributed by atoms with Gasteiger partial charge < -0.3 is 19.3 Å². The first-order valence-electron chi connectivity index (χ1n) is 10.2. The predicted molar refractivity (Wildman–Crippen MR) is 109 cm³/mol. The van der Waals surface area contributed by atoms with Gasteiger partial charge in [-0.05, 0) is 61.6 Å². The zero-order chi connectivity index (χ0) is 20.2. The van der Waals surface area contributed by atoms with Crippen LogP contribution in [-0.2, 0) is 6.42 Å². The van der Waals surface area contributed by atoms with Crippen molar-refractivity contribution in [2.75, 3.05) is 40.0 Å². The number of nitrogens with zero attached hydrogens (tertiary/aromatic N) is 2. The van der Waals surface area contributed by atoms with Gasteiger partial charge in [0.25, 0.3) is 5.91 Å². The van der Waals surface area contributed by atoms with Crippen LogP contribution in [0.5, 0.6) is 11.5 Å². The molecule has 0 spiro atoms. The summed E-state index contributed by atoms with van der Waals surface area (Å²) in [6.45, 7) is 3.73. The molecule has 5 nitrogen and oxygen atoms in total. The molecule has 0 aromatic heterocycles. The maximum Gasteiger partial charge on any atom is 0.253 e. The van der Waals surface area contributed by atoms with E-state index in [1.54, 1.807) is 29.2 Å². The van der Waals surface area contributed by atoms with Crippen molar-refractivity contribution in [3.05, 3.63) is 59.4 Å².